The Bertz CT molecular complexity index is 625. The van der Waals surface area contributed by atoms with Gasteiger partial charge in [-0.1, -0.05) is 48.5 Å². The Morgan fingerprint density at radius 2 is 1.55 bits per heavy atom. The van der Waals surface area contributed by atoms with Gasteiger partial charge in [0.1, 0.15) is 5.75 Å². The van der Waals surface area contributed by atoms with Crippen LogP contribution in [0.3, 0.4) is 0 Å². The van der Waals surface area contributed by atoms with Gasteiger partial charge in [0.05, 0.1) is 0 Å². The van der Waals surface area contributed by atoms with Gasteiger partial charge in [-0.2, -0.15) is 0 Å². The molecule has 2 aromatic rings. The van der Waals surface area contributed by atoms with Gasteiger partial charge in [0.15, 0.2) is 23.0 Å². The quantitative estimate of drug-likeness (QED) is 0.491. The van der Waals surface area contributed by atoms with Crippen LogP contribution in [0.1, 0.15) is 10.4 Å². The number of thiocarbonyl (C=S) groups is 1. The van der Waals surface area contributed by atoms with Gasteiger partial charge in [0.25, 0.3) is 0 Å². The first kappa shape index (κ1) is 13.0. The van der Waals surface area contributed by atoms with E-state index in [2.05, 4.69) is 0 Å². The fourth-order valence-corrected chi connectivity index (χ4v) is 2.20. The molecule has 1 aliphatic rings. The number of ketones is 1. The van der Waals surface area contributed by atoms with Gasteiger partial charge < -0.3 is 9.47 Å². The Hall–Kier alpha value is -2.04. The first-order valence-electron chi connectivity index (χ1n) is 6.27. The standard InChI is InChI=1S/C16H12O3S/c17-13(11-7-3-1-4-8-11)14-15(19-14)16(20)18-12-9-5-2-6-10-12/h1-10,14-15H/t14-,15+/m0/s1. The van der Waals surface area contributed by atoms with Gasteiger partial charge in [-0.25, -0.2) is 0 Å². The fraction of sp³-hybridized carbons (Fsp3) is 0.125. The number of para-hydroxylation sites is 1. The van der Waals surface area contributed by atoms with E-state index in [-0.39, 0.29) is 5.78 Å². The minimum Gasteiger partial charge on any atom is -0.447 e. The van der Waals surface area contributed by atoms with Crippen LogP contribution in [0.4, 0.5) is 0 Å². The largest absolute Gasteiger partial charge is 0.447 e. The van der Waals surface area contributed by atoms with E-state index in [9.17, 15) is 4.79 Å². The van der Waals surface area contributed by atoms with Crippen molar-refractivity contribution < 1.29 is 14.3 Å². The van der Waals surface area contributed by atoms with E-state index >= 15 is 0 Å². The number of ether oxygens (including phenoxy) is 2. The van der Waals surface area contributed by atoms with Crippen molar-refractivity contribution in [3.8, 4) is 5.75 Å². The maximum Gasteiger partial charge on any atom is 0.199 e. The molecule has 1 saturated heterocycles. The lowest BCUT2D eigenvalue weighted by molar-refractivity contribution is 0.0953. The number of epoxide rings is 1. The molecule has 100 valence electrons. The van der Waals surface area contributed by atoms with Gasteiger partial charge >= 0.3 is 0 Å². The van der Waals surface area contributed by atoms with Crippen molar-refractivity contribution in [3.63, 3.8) is 0 Å². The lowest BCUT2D eigenvalue weighted by Gasteiger charge is -2.03. The zero-order chi connectivity index (χ0) is 13.9. The first-order chi connectivity index (χ1) is 9.75. The van der Waals surface area contributed by atoms with Crippen LogP contribution in [0.15, 0.2) is 60.7 Å². The van der Waals surface area contributed by atoms with Gasteiger partial charge in [-0.3, -0.25) is 4.79 Å². The molecule has 3 rings (SSSR count). The van der Waals surface area contributed by atoms with Gasteiger partial charge in [0, 0.05) is 5.56 Å². The van der Waals surface area contributed by atoms with Gasteiger partial charge in [-0.15, -0.1) is 0 Å². The summed E-state index contributed by atoms with van der Waals surface area (Å²) in [6.45, 7) is 0. The van der Waals surface area contributed by atoms with Crippen molar-refractivity contribution in [1.82, 2.24) is 0 Å². The third-order valence-corrected chi connectivity index (χ3v) is 3.32. The number of rotatable bonds is 4. The van der Waals surface area contributed by atoms with Crippen molar-refractivity contribution in [2.45, 2.75) is 12.2 Å². The fourth-order valence-electron chi connectivity index (χ4n) is 1.92. The van der Waals surface area contributed by atoms with E-state index < -0.39 is 12.2 Å². The third-order valence-electron chi connectivity index (χ3n) is 3.00. The third kappa shape index (κ3) is 2.76. The number of hydrogen-bond donors (Lipinski definition) is 0. The van der Waals surface area contributed by atoms with E-state index in [4.69, 9.17) is 21.7 Å². The second kappa shape index (κ2) is 5.53. The van der Waals surface area contributed by atoms with Crippen LogP contribution < -0.4 is 4.74 Å². The van der Waals surface area contributed by atoms with Crippen molar-refractivity contribution in [2.75, 3.05) is 0 Å². The monoisotopic (exact) mass is 284 g/mol. The van der Waals surface area contributed by atoms with E-state index in [1.54, 1.807) is 12.1 Å². The highest BCUT2D eigenvalue weighted by molar-refractivity contribution is 7.80. The topological polar surface area (TPSA) is 38.8 Å². The normalized spacial score (nSPS) is 20.2. The van der Waals surface area contributed by atoms with Gasteiger partial charge in [0.2, 0.25) is 0 Å². The molecular weight excluding hydrogens is 272 g/mol. The number of hydrogen-bond acceptors (Lipinski definition) is 4. The second-order valence-electron chi connectivity index (χ2n) is 4.44. The van der Waals surface area contributed by atoms with Crippen LogP contribution in [-0.4, -0.2) is 23.0 Å². The maximum atomic E-state index is 12.1. The molecule has 0 amide bonds. The summed E-state index contributed by atoms with van der Waals surface area (Å²) < 4.78 is 10.9. The Morgan fingerprint density at radius 3 is 2.20 bits per heavy atom. The molecule has 0 aromatic heterocycles. The molecule has 0 spiro atoms. The summed E-state index contributed by atoms with van der Waals surface area (Å²) in [5.74, 6) is 0.591. The Morgan fingerprint density at radius 1 is 0.950 bits per heavy atom. The van der Waals surface area contributed by atoms with E-state index in [1.165, 1.54) is 0 Å². The molecule has 0 unspecified atom stereocenters. The zero-order valence-corrected chi connectivity index (χ0v) is 11.4. The molecule has 1 heterocycles. The van der Waals surface area contributed by atoms with Crippen LogP contribution in [0.25, 0.3) is 0 Å². The number of Topliss-reactive ketones (excluding diaryl/α,β-unsaturated/α-hetero) is 1. The first-order valence-corrected chi connectivity index (χ1v) is 6.68. The van der Waals surface area contributed by atoms with Crippen LogP contribution in [0.5, 0.6) is 5.75 Å². The van der Waals surface area contributed by atoms with Crippen LogP contribution in [0, 0.1) is 0 Å². The molecule has 2 aromatic carbocycles. The highest BCUT2D eigenvalue weighted by Crippen LogP contribution is 2.28. The Kier molecular flexibility index (Phi) is 3.58. The molecule has 0 radical (unpaired) electrons. The molecule has 3 nitrogen and oxygen atoms in total. The van der Waals surface area contributed by atoms with Crippen LogP contribution in [0.2, 0.25) is 0 Å². The molecule has 1 fully saturated rings. The van der Waals surface area contributed by atoms with Crippen molar-refractivity contribution in [3.05, 3.63) is 66.2 Å². The number of benzene rings is 2. The van der Waals surface area contributed by atoms with Crippen molar-refractivity contribution in [2.24, 2.45) is 0 Å². The van der Waals surface area contributed by atoms with E-state index in [0.717, 1.165) is 0 Å². The molecule has 0 aliphatic carbocycles. The molecule has 20 heavy (non-hydrogen) atoms. The minimum atomic E-state index is -0.520. The molecule has 0 saturated carbocycles. The van der Waals surface area contributed by atoms with E-state index in [0.29, 0.717) is 16.4 Å². The Balaban J connectivity index is 1.62. The summed E-state index contributed by atoms with van der Waals surface area (Å²) in [5, 5.41) is 0.297. The van der Waals surface area contributed by atoms with Crippen LogP contribution in [-0.2, 0) is 4.74 Å². The minimum absolute atomic E-state index is 0.0605. The molecule has 4 heteroatoms. The SMILES string of the molecule is O=C(c1ccccc1)[C@@H]1O[C@H]1C(=S)Oc1ccccc1. The average molecular weight is 284 g/mol. The predicted molar refractivity (Wildman–Crippen MR) is 79.1 cm³/mol. The highest BCUT2D eigenvalue weighted by atomic mass is 32.1. The summed E-state index contributed by atoms with van der Waals surface area (Å²) in [6.07, 6.45) is -0.952. The van der Waals surface area contributed by atoms with Gasteiger partial charge in [-0.05, 0) is 24.4 Å². The molecule has 2 atom stereocenters. The predicted octanol–water partition coefficient (Wildman–Crippen LogP) is 3.04. The summed E-state index contributed by atoms with van der Waals surface area (Å²) in [7, 11) is 0. The second-order valence-corrected chi connectivity index (χ2v) is 4.84. The summed E-state index contributed by atoms with van der Waals surface area (Å²) in [6, 6.07) is 18.3. The number of carbonyl (C=O) groups is 1. The lowest BCUT2D eigenvalue weighted by atomic mass is 10.1. The molecule has 0 bridgehead atoms. The van der Waals surface area contributed by atoms with E-state index in [1.807, 2.05) is 48.5 Å². The highest BCUT2D eigenvalue weighted by Gasteiger charge is 2.49. The summed E-state index contributed by atoms with van der Waals surface area (Å²) in [5.41, 5.74) is 0.627. The summed E-state index contributed by atoms with van der Waals surface area (Å²) >= 11 is 5.17. The zero-order valence-electron chi connectivity index (χ0n) is 10.6. The maximum absolute atomic E-state index is 12.1. The summed E-state index contributed by atoms with van der Waals surface area (Å²) in [4.78, 5) is 12.1. The molecule has 1 aliphatic heterocycles. The lowest BCUT2D eigenvalue weighted by Crippen LogP contribution is -2.19. The smallest absolute Gasteiger partial charge is 0.199 e. The average Bonchev–Trinajstić information content (AvgIpc) is 3.29. The molecular formula is C16H12O3S. The van der Waals surface area contributed by atoms with Crippen LogP contribution >= 0.6 is 12.2 Å². The molecule has 0 N–H and O–H groups in total. The van der Waals surface area contributed by atoms with Crippen molar-refractivity contribution in [1.29, 1.82) is 0 Å². The Labute approximate surface area is 122 Å². The number of carbonyl (C=O) groups excluding carboxylic acids is 1. The van der Waals surface area contributed by atoms with Crippen molar-refractivity contribution >= 4 is 23.1 Å².